The molecule has 4 rings (SSSR count). The van der Waals surface area contributed by atoms with E-state index in [1.807, 2.05) is 12.1 Å². The Labute approximate surface area is 178 Å². The van der Waals surface area contributed by atoms with E-state index in [2.05, 4.69) is 46.2 Å². The number of ether oxygens (including phenoxy) is 2. The van der Waals surface area contributed by atoms with Crippen LogP contribution in [-0.4, -0.2) is 56.7 Å². The topological polar surface area (TPSA) is 68.0 Å². The molecule has 2 N–H and O–H groups in total. The van der Waals surface area contributed by atoms with Crippen LogP contribution in [0.4, 0.5) is 5.69 Å². The van der Waals surface area contributed by atoms with E-state index in [-0.39, 0.29) is 18.1 Å². The first-order valence-electron chi connectivity index (χ1n) is 10.8. The number of carbonyl (C=O) groups is 1. The van der Waals surface area contributed by atoms with E-state index in [1.54, 1.807) is 7.11 Å². The number of benzene rings is 2. The minimum absolute atomic E-state index is 0.0122. The molecule has 1 saturated heterocycles. The average molecular weight is 410 g/mol. The third-order valence-corrected chi connectivity index (χ3v) is 6.29. The molecule has 1 amide bonds. The summed E-state index contributed by atoms with van der Waals surface area (Å²) in [5.74, 6) is 0.623. The fourth-order valence-electron chi connectivity index (χ4n) is 4.66. The van der Waals surface area contributed by atoms with Gasteiger partial charge in [0.05, 0.1) is 19.8 Å². The first kappa shape index (κ1) is 20.7. The highest BCUT2D eigenvalue weighted by Crippen LogP contribution is 2.34. The van der Waals surface area contributed by atoms with E-state index in [0.717, 1.165) is 51.4 Å². The van der Waals surface area contributed by atoms with Crippen LogP contribution in [0.2, 0.25) is 0 Å². The van der Waals surface area contributed by atoms with Crippen LogP contribution in [0.5, 0.6) is 5.75 Å². The molecule has 0 aromatic heterocycles. The molecule has 2 aromatic carbocycles. The Morgan fingerprint density at radius 1 is 1.13 bits per heavy atom. The lowest BCUT2D eigenvalue weighted by Gasteiger charge is -2.44. The fourth-order valence-corrected chi connectivity index (χ4v) is 4.66. The van der Waals surface area contributed by atoms with Gasteiger partial charge in [0.1, 0.15) is 5.75 Å². The molecule has 6 nitrogen and oxygen atoms in total. The van der Waals surface area contributed by atoms with Gasteiger partial charge in [-0.3, -0.25) is 9.69 Å². The molecule has 1 fully saturated rings. The van der Waals surface area contributed by atoms with Crippen molar-refractivity contribution in [2.24, 2.45) is 5.73 Å². The zero-order valence-electron chi connectivity index (χ0n) is 17.6. The van der Waals surface area contributed by atoms with Crippen molar-refractivity contribution in [3.63, 3.8) is 0 Å². The molecule has 30 heavy (non-hydrogen) atoms. The fraction of sp³-hybridized carbons (Fsp3) is 0.458. The van der Waals surface area contributed by atoms with Crippen LogP contribution in [0.25, 0.3) is 0 Å². The van der Waals surface area contributed by atoms with Gasteiger partial charge in [-0.25, -0.2) is 0 Å². The number of carbonyl (C=O) groups excluding carboxylic acids is 1. The smallest absolute Gasteiger partial charge is 0.217 e. The average Bonchev–Trinajstić information content (AvgIpc) is 2.79. The Morgan fingerprint density at radius 2 is 1.87 bits per heavy atom. The molecular formula is C24H31N3O3. The second-order valence-corrected chi connectivity index (χ2v) is 8.03. The van der Waals surface area contributed by atoms with Gasteiger partial charge in [-0.2, -0.15) is 0 Å². The molecule has 2 aliphatic rings. The van der Waals surface area contributed by atoms with Crippen LogP contribution in [0.15, 0.2) is 48.5 Å². The number of methoxy groups -OCH3 is 1. The maximum absolute atomic E-state index is 11.5. The standard InChI is InChI=1S/C24H31N3O3/c1-29-20-8-6-19(7-9-20)26-13-15-27(16-14-26)22(10-11-23(25)28)24-21-5-3-2-4-18(21)12-17-30-24/h2-9,22,24H,10-17H2,1H3,(H2,25,28). The SMILES string of the molecule is COc1ccc(N2CCN(C(CCC(N)=O)C3OCCc4ccccc43)CC2)cc1. The van der Waals surface area contributed by atoms with Gasteiger partial charge < -0.3 is 20.1 Å². The Kier molecular flexibility index (Phi) is 6.55. The molecule has 0 bridgehead atoms. The van der Waals surface area contributed by atoms with Gasteiger partial charge in [0, 0.05) is 44.3 Å². The first-order valence-corrected chi connectivity index (χ1v) is 10.8. The third kappa shape index (κ3) is 4.60. The first-order chi connectivity index (χ1) is 14.7. The number of hydrogen-bond donors (Lipinski definition) is 1. The molecule has 2 atom stereocenters. The molecule has 2 aromatic rings. The minimum atomic E-state index is -0.249. The molecule has 0 saturated carbocycles. The van der Waals surface area contributed by atoms with Crippen LogP contribution in [0.3, 0.4) is 0 Å². The highest BCUT2D eigenvalue weighted by Gasteiger charge is 2.34. The number of rotatable bonds is 7. The van der Waals surface area contributed by atoms with Gasteiger partial charge in [-0.1, -0.05) is 24.3 Å². The molecule has 0 spiro atoms. The van der Waals surface area contributed by atoms with Crippen molar-refractivity contribution in [3.05, 3.63) is 59.7 Å². The number of amides is 1. The monoisotopic (exact) mass is 409 g/mol. The van der Waals surface area contributed by atoms with Gasteiger partial charge >= 0.3 is 0 Å². The zero-order chi connectivity index (χ0) is 20.9. The highest BCUT2D eigenvalue weighted by atomic mass is 16.5. The summed E-state index contributed by atoms with van der Waals surface area (Å²) in [6, 6.07) is 16.9. The van der Waals surface area contributed by atoms with Gasteiger partial charge in [0.15, 0.2) is 0 Å². The number of primary amides is 1. The van der Waals surface area contributed by atoms with Crippen LogP contribution in [0, 0.1) is 0 Å². The molecule has 160 valence electrons. The Balaban J connectivity index is 1.48. The normalized spacial score (nSPS) is 20.4. The number of nitrogens with two attached hydrogens (primary N) is 1. The molecule has 0 radical (unpaired) electrons. The quantitative estimate of drug-likeness (QED) is 0.762. The van der Waals surface area contributed by atoms with Crippen molar-refractivity contribution in [2.75, 3.05) is 44.8 Å². The Hall–Kier alpha value is -2.57. The van der Waals surface area contributed by atoms with Gasteiger partial charge in [-0.05, 0) is 48.2 Å². The minimum Gasteiger partial charge on any atom is -0.497 e. The summed E-state index contributed by atoms with van der Waals surface area (Å²) in [7, 11) is 1.69. The number of anilines is 1. The van der Waals surface area contributed by atoms with E-state index >= 15 is 0 Å². The van der Waals surface area contributed by atoms with E-state index < -0.39 is 0 Å². The Bertz CT molecular complexity index is 847. The van der Waals surface area contributed by atoms with Gasteiger partial charge in [0.25, 0.3) is 0 Å². The van der Waals surface area contributed by atoms with E-state index in [4.69, 9.17) is 15.2 Å². The number of hydrogen-bond acceptors (Lipinski definition) is 5. The van der Waals surface area contributed by atoms with Crippen LogP contribution < -0.4 is 15.4 Å². The van der Waals surface area contributed by atoms with Crippen molar-refractivity contribution in [1.29, 1.82) is 0 Å². The largest absolute Gasteiger partial charge is 0.497 e. The van der Waals surface area contributed by atoms with Crippen molar-refractivity contribution in [2.45, 2.75) is 31.4 Å². The van der Waals surface area contributed by atoms with Gasteiger partial charge in [-0.15, -0.1) is 0 Å². The van der Waals surface area contributed by atoms with Crippen molar-refractivity contribution in [3.8, 4) is 5.75 Å². The van der Waals surface area contributed by atoms with E-state index in [1.165, 1.54) is 16.8 Å². The maximum atomic E-state index is 11.5. The summed E-state index contributed by atoms with van der Waals surface area (Å²) >= 11 is 0. The molecule has 0 aliphatic carbocycles. The summed E-state index contributed by atoms with van der Waals surface area (Å²) in [6.07, 6.45) is 2.03. The second-order valence-electron chi connectivity index (χ2n) is 8.03. The van der Waals surface area contributed by atoms with E-state index in [0.29, 0.717) is 6.42 Å². The molecule has 6 heteroatoms. The molecule has 2 aliphatic heterocycles. The summed E-state index contributed by atoms with van der Waals surface area (Å²) in [4.78, 5) is 16.4. The lowest BCUT2D eigenvalue weighted by Crippen LogP contribution is -2.53. The van der Waals surface area contributed by atoms with Crippen molar-refractivity contribution < 1.29 is 14.3 Å². The van der Waals surface area contributed by atoms with Crippen molar-refractivity contribution >= 4 is 11.6 Å². The number of nitrogens with zero attached hydrogens (tertiary/aromatic N) is 2. The predicted molar refractivity (Wildman–Crippen MR) is 118 cm³/mol. The molecular weight excluding hydrogens is 378 g/mol. The zero-order valence-corrected chi connectivity index (χ0v) is 17.6. The van der Waals surface area contributed by atoms with E-state index in [9.17, 15) is 4.79 Å². The van der Waals surface area contributed by atoms with Crippen molar-refractivity contribution in [1.82, 2.24) is 4.90 Å². The number of piperazine rings is 1. The predicted octanol–water partition coefficient (Wildman–Crippen LogP) is 2.77. The summed E-state index contributed by atoms with van der Waals surface area (Å²) in [5, 5.41) is 0. The van der Waals surface area contributed by atoms with Gasteiger partial charge in [0.2, 0.25) is 5.91 Å². The molecule has 2 heterocycles. The second kappa shape index (κ2) is 9.49. The highest BCUT2D eigenvalue weighted by molar-refractivity contribution is 5.73. The summed E-state index contributed by atoms with van der Waals surface area (Å²) in [6.45, 7) is 4.46. The maximum Gasteiger partial charge on any atom is 0.217 e. The Morgan fingerprint density at radius 3 is 2.57 bits per heavy atom. The van der Waals surface area contributed by atoms with Crippen LogP contribution in [0.1, 0.15) is 30.1 Å². The lowest BCUT2D eigenvalue weighted by molar-refractivity contribution is -0.118. The lowest BCUT2D eigenvalue weighted by atomic mass is 9.90. The number of fused-ring (bicyclic) bond motifs is 1. The molecule has 2 unspecified atom stereocenters. The summed E-state index contributed by atoms with van der Waals surface area (Å²) in [5.41, 5.74) is 9.33. The third-order valence-electron chi connectivity index (χ3n) is 6.29. The van der Waals surface area contributed by atoms with Crippen LogP contribution in [-0.2, 0) is 16.0 Å². The summed E-state index contributed by atoms with van der Waals surface area (Å²) < 4.78 is 11.5. The van der Waals surface area contributed by atoms with Crippen LogP contribution >= 0.6 is 0 Å².